The smallest absolute Gasteiger partial charge is 0.413 e. The minimum atomic E-state index is -0.571. The Morgan fingerprint density at radius 3 is 2.58 bits per heavy atom. The van der Waals surface area contributed by atoms with Crippen molar-refractivity contribution in [2.75, 3.05) is 23.0 Å². The zero-order valence-electron chi connectivity index (χ0n) is 13.6. The number of para-hydroxylation sites is 1. The molecule has 0 bridgehead atoms. The topological polar surface area (TPSA) is 93.2 Å². The highest BCUT2D eigenvalue weighted by Crippen LogP contribution is 2.26. The first kappa shape index (κ1) is 18.2. The number of benzene rings is 1. The Morgan fingerprint density at radius 1 is 1.21 bits per heavy atom. The molecule has 24 heavy (non-hydrogen) atoms. The molecule has 0 unspecified atom stereocenters. The van der Waals surface area contributed by atoms with E-state index in [2.05, 4.69) is 20.8 Å². The maximum absolute atomic E-state index is 12.1. The second-order valence-corrected chi connectivity index (χ2v) is 7.02. The van der Waals surface area contributed by atoms with Crippen LogP contribution in [0.1, 0.15) is 18.1 Å². The Bertz CT molecular complexity index is 713. The van der Waals surface area contributed by atoms with Crippen LogP contribution in [0.3, 0.4) is 0 Å². The van der Waals surface area contributed by atoms with Crippen LogP contribution in [-0.2, 0) is 9.53 Å². The Labute approximate surface area is 148 Å². The zero-order chi connectivity index (χ0) is 17.5. The number of rotatable bonds is 6. The number of anilines is 2. The minimum Gasteiger partial charge on any atom is -0.450 e. The molecule has 0 saturated carbocycles. The molecule has 2 aromatic rings. The Balaban J connectivity index is 1.86. The molecule has 128 valence electrons. The van der Waals surface area contributed by atoms with Gasteiger partial charge in [0.25, 0.3) is 0 Å². The summed E-state index contributed by atoms with van der Waals surface area (Å²) < 4.78 is 5.36. The zero-order valence-corrected chi connectivity index (χ0v) is 15.2. The van der Waals surface area contributed by atoms with Gasteiger partial charge in [-0.15, -0.1) is 10.2 Å². The Morgan fingerprint density at radius 2 is 1.92 bits per heavy atom. The predicted octanol–water partition coefficient (Wildman–Crippen LogP) is 3.45. The van der Waals surface area contributed by atoms with Gasteiger partial charge in [-0.05, 0) is 31.9 Å². The standard InChI is InChI=1S/C15H18N4O3S2/c1-4-22-14(21)17-13-18-19-15(24-13)23-8-11(20)16-12-9(2)6-5-7-10(12)3/h5-7H,4,8H2,1-3H3,(H,16,20)(H,17,18,21). The fourth-order valence-electron chi connectivity index (χ4n) is 1.89. The van der Waals surface area contributed by atoms with E-state index in [1.807, 2.05) is 32.0 Å². The summed E-state index contributed by atoms with van der Waals surface area (Å²) in [6, 6.07) is 5.86. The third kappa shape index (κ3) is 5.20. The van der Waals surface area contributed by atoms with Crippen LogP contribution in [0.15, 0.2) is 22.5 Å². The molecule has 1 aromatic carbocycles. The summed E-state index contributed by atoms with van der Waals surface area (Å²) in [4.78, 5) is 23.4. The number of aryl methyl sites for hydroxylation is 2. The summed E-state index contributed by atoms with van der Waals surface area (Å²) in [6.07, 6.45) is -0.571. The molecule has 9 heteroatoms. The summed E-state index contributed by atoms with van der Waals surface area (Å²) in [5.41, 5.74) is 2.88. The quantitative estimate of drug-likeness (QED) is 0.601. The number of nitrogens with zero attached hydrogens (tertiary/aromatic N) is 2. The average molecular weight is 366 g/mol. The highest BCUT2D eigenvalue weighted by Gasteiger charge is 2.12. The van der Waals surface area contributed by atoms with Crippen LogP contribution in [0.5, 0.6) is 0 Å². The third-order valence-corrected chi connectivity index (χ3v) is 4.94. The van der Waals surface area contributed by atoms with Crippen molar-refractivity contribution in [3.05, 3.63) is 29.3 Å². The first-order chi connectivity index (χ1) is 11.5. The molecule has 0 aliphatic heterocycles. The first-order valence-corrected chi connectivity index (χ1v) is 9.06. The lowest BCUT2D eigenvalue weighted by Crippen LogP contribution is -2.15. The van der Waals surface area contributed by atoms with Crippen molar-refractivity contribution < 1.29 is 14.3 Å². The monoisotopic (exact) mass is 366 g/mol. The molecular formula is C15H18N4O3S2. The summed E-state index contributed by atoms with van der Waals surface area (Å²) in [6.45, 7) is 5.90. The second kappa shape index (κ2) is 8.65. The Hall–Kier alpha value is -2.13. The normalized spacial score (nSPS) is 10.3. The van der Waals surface area contributed by atoms with Crippen molar-refractivity contribution in [3.63, 3.8) is 0 Å². The van der Waals surface area contributed by atoms with E-state index in [0.29, 0.717) is 9.47 Å². The summed E-state index contributed by atoms with van der Waals surface area (Å²) in [5, 5.41) is 13.5. The molecule has 0 atom stereocenters. The number of carbonyl (C=O) groups is 2. The van der Waals surface area contributed by atoms with Crippen LogP contribution in [0.4, 0.5) is 15.6 Å². The fourth-order valence-corrected chi connectivity index (χ4v) is 3.43. The number of hydrogen-bond acceptors (Lipinski definition) is 7. The first-order valence-electron chi connectivity index (χ1n) is 7.25. The van der Waals surface area contributed by atoms with Crippen LogP contribution in [-0.4, -0.2) is 34.6 Å². The van der Waals surface area contributed by atoms with E-state index in [9.17, 15) is 9.59 Å². The number of amides is 2. The van der Waals surface area contributed by atoms with E-state index in [1.54, 1.807) is 6.92 Å². The molecule has 0 aliphatic rings. The van der Waals surface area contributed by atoms with Crippen molar-refractivity contribution in [1.29, 1.82) is 0 Å². The Kier molecular flexibility index (Phi) is 6.56. The van der Waals surface area contributed by atoms with Crippen LogP contribution < -0.4 is 10.6 Å². The van der Waals surface area contributed by atoms with E-state index >= 15 is 0 Å². The molecule has 2 amide bonds. The van der Waals surface area contributed by atoms with E-state index in [0.717, 1.165) is 16.8 Å². The summed E-state index contributed by atoms with van der Waals surface area (Å²) >= 11 is 2.45. The van der Waals surface area contributed by atoms with Gasteiger partial charge in [-0.25, -0.2) is 4.79 Å². The molecule has 0 aliphatic carbocycles. The van der Waals surface area contributed by atoms with Gasteiger partial charge >= 0.3 is 6.09 Å². The highest BCUT2D eigenvalue weighted by molar-refractivity contribution is 8.01. The number of nitrogens with one attached hydrogen (secondary N) is 2. The van der Waals surface area contributed by atoms with Crippen LogP contribution >= 0.6 is 23.1 Å². The fraction of sp³-hybridized carbons (Fsp3) is 0.333. The number of aromatic nitrogens is 2. The van der Waals surface area contributed by atoms with Crippen molar-refractivity contribution in [2.24, 2.45) is 0 Å². The molecular weight excluding hydrogens is 348 g/mol. The maximum atomic E-state index is 12.1. The van der Waals surface area contributed by atoms with Gasteiger partial charge in [0.15, 0.2) is 4.34 Å². The highest BCUT2D eigenvalue weighted by atomic mass is 32.2. The lowest BCUT2D eigenvalue weighted by Gasteiger charge is -2.10. The van der Waals surface area contributed by atoms with E-state index in [4.69, 9.17) is 4.74 Å². The largest absolute Gasteiger partial charge is 0.450 e. The second-order valence-electron chi connectivity index (χ2n) is 4.82. The van der Waals surface area contributed by atoms with E-state index in [-0.39, 0.29) is 18.3 Å². The molecule has 0 radical (unpaired) electrons. The van der Waals surface area contributed by atoms with Gasteiger partial charge in [-0.3, -0.25) is 10.1 Å². The predicted molar refractivity (Wildman–Crippen MR) is 95.8 cm³/mol. The maximum Gasteiger partial charge on any atom is 0.413 e. The molecule has 0 saturated heterocycles. The van der Waals surface area contributed by atoms with Crippen LogP contribution in [0.2, 0.25) is 0 Å². The number of ether oxygens (including phenoxy) is 1. The van der Waals surface area contributed by atoms with Crippen molar-refractivity contribution in [1.82, 2.24) is 10.2 Å². The summed E-state index contributed by atoms with van der Waals surface area (Å²) in [5.74, 6) is 0.0921. The molecule has 2 rings (SSSR count). The van der Waals surface area contributed by atoms with Gasteiger partial charge in [0.1, 0.15) is 0 Å². The molecule has 1 heterocycles. The molecule has 7 nitrogen and oxygen atoms in total. The van der Waals surface area contributed by atoms with Gasteiger partial charge in [0.2, 0.25) is 11.0 Å². The van der Waals surface area contributed by atoms with Gasteiger partial charge in [-0.1, -0.05) is 41.3 Å². The van der Waals surface area contributed by atoms with E-state index < -0.39 is 6.09 Å². The van der Waals surface area contributed by atoms with Crippen LogP contribution in [0, 0.1) is 13.8 Å². The molecule has 0 spiro atoms. The average Bonchev–Trinajstić information content (AvgIpc) is 2.97. The molecule has 2 N–H and O–H groups in total. The lowest BCUT2D eigenvalue weighted by molar-refractivity contribution is -0.113. The van der Waals surface area contributed by atoms with Gasteiger partial charge in [0.05, 0.1) is 12.4 Å². The minimum absolute atomic E-state index is 0.118. The van der Waals surface area contributed by atoms with Crippen molar-refractivity contribution in [2.45, 2.75) is 25.1 Å². The van der Waals surface area contributed by atoms with Gasteiger partial charge in [0, 0.05) is 5.69 Å². The molecule has 0 fully saturated rings. The summed E-state index contributed by atoms with van der Waals surface area (Å²) in [7, 11) is 0. The van der Waals surface area contributed by atoms with Crippen molar-refractivity contribution >= 4 is 45.9 Å². The van der Waals surface area contributed by atoms with Gasteiger partial charge < -0.3 is 10.1 Å². The number of hydrogen-bond donors (Lipinski definition) is 2. The number of carbonyl (C=O) groups excluding carboxylic acids is 2. The van der Waals surface area contributed by atoms with E-state index in [1.165, 1.54) is 23.1 Å². The molecule has 1 aromatic heterocycles. The van der Waals surface area contributed by atoms with Crippen LogP contribution in [0.25, 0.3) is 0 Å². The van der Waals surface area contributed by atoms with Gasteiger partial charge in [-0.2, -0.15) is 0 Å². The third-order valence-electron chi connectivity index (χ3n) is 2.96. The lowest BCUT2D eigenvalue weighted by atomic mass is 10.1. The van der Waals surface area contributed by atoms with Crippen molar-refractivity contribution in [3.8, 4) is 0 Å². The SMILES string of the molecule is CCOC(=O)Nc1nnc(SCC(=O)Nc2c(C)cccc2C)s1. The number of thioether (sulfide) groups is 1.